The molecule has 1 aromatic carbocycles. The van der Waals surface area contributed by atoms with Crippen LogP contribution in [0, 0.1) is 12.7 Å². The molecule has 0 radical (unpaired) electrons. The molecule has 0 unspecified atom stereocenters. The number of rotatable bonds is 4. The van der Waals surface area contributed by atoms with E-state index in [0.717, 1.165) is 74.4 Å². The number of aromatic nitrogens is 3. The lowest BCUT2D eigenvalue weighted by Crippen LogP contribution is -2.52. The summed E-state index contributed by atoms with van der Waals surface area (Å²) in [7, 11) is 0. The van der Waals surface area contributed by atoms with Crippen molar-refractivity contribution in [1.29, 1.82) is 0 Å². The molecule has 2 fully saturated rings. The standard InChI is InChI=1S/C26H30ClFN6/c1-18-8-9-20(15-22(18)28)23-16-24(31-26(30-23)32-11-4-3-5-12-32)34-14-13-33(17-19(34)2)25-21(27)7-6-10-29-25/h6-10,15-16,19H,3-5,11-14,17H2,1-2H3/t19-/m1/s1. The van der Waals surface area contributed by atoms with Crippen LogP contribution < -0.4 is 14.7 Å². The number of hydrogen-bond donors (Lipinski definition) is 0. The molecule has 2 aliphatic rings. The minimum Gasteiger partial charge on any atom is -0.352 e. The molecule has 2 aliphatic heterocycles. The van der Waals surface area contributed by atoms with Gasteiger partial charge in [-0.2, -0.15) is 4.98 Å². The van der Waals surface area contributed by atoms with Gasteiger partial charge in [-0.15, -0.1) is 0 Å². The lowest BCUT2D eigenvalue weighted by atomic mass is 10.1. The minimum atomic E-state index is -0.216. The third-order valence-corrected chi connectivity index (χ3v) is 7.06. The SMILES string of the molecule is Cc1ccc(-c2cc(N3CCN(c4ncccc4Cl)C[C@H]3C)nc(N3CCCCC3)n2)cc1F. The fraction of sp³-hybridized carbons (Fsp3) is 0.423. The molecule has 1 atom stereocenters. The second-order valence-corrected chi connectivity index (χ2v) is 9.63. The number of piperidine rings is 1. The Morgan fingerprint density at radius 3 is 2.53 bits per heavy atom. The zero-order chi connectivity index (χ0) is 23.7. The highest BCUT2D eigenvalue weighted by Crippen LogP contribution is 2.31. The van der Waals surface area contributed by atoms with Gasteiger partial charge < -0.3 is 14.7 Å². The highest BCUT2D eigenvalue weighted by atomic mass is 35.5. The third kappa shape index (κ3) is 4.67. The highest BCUT2D eigenvalue weighted by molar-refractivity contribution is 6.32. The summed E-state index contributed by atoms with van der Waals surface area (Å²) in [5.41, 5.74) is 2.16. The van der Waals surface area contributed by atoms with Crippen molar-refractivity contribution in [2.45, 2.75) is 39.2 Å². The average Bonchev–Trinajstić information content (AvgIpc) is 2.86. The monoisotopic (exact) mass is 480 g/mol. The van der Waals surface area contributed by atoms with Crippen LogP contribution in [-0.4, -0.2) is 53.7 Å². The molecule has 0 spiro atoms. The molecule has 3 aromatic rings. The third-order valence-electron chi connectivity index (χ3n) is 6.77. The van der Waals surface area contributed by atoms with Crippen LogP contribution in [0.25, 0.3) is 11.3 Å². The second-order valence-electron chi connectivity index (χ2n) is 9.22. The summed E-state index contributed by atoms with van der Waals surface area (Å²) < 4.78 is 14.4. The van der Waals surface area contributed by atoms with Gasteiger partial charge in [0, 0.05) is 56.6 Å². The second kappa shape index (κ2) is 9.74. The molecular formula is C26H30ClFN6. The fourth-order valence-electron chi connectivity index (χ4n) is 4.80. The maximum absolute atomic E-state index is 14.4. The van der Waals surface area contributed by atoms with Crippen molar-refractivity contribution in [3.8, 4) is 11.3 Å². The topological polar surface area (TPSA) is 48.4 Å². The summed E-state index contributed by atoms with van der Waals surface area (Å²) in [6.45, 7) is 8.23. The Morgan fingerprint density at radius 2 is 1.79 bits per heavy atom. The van der Waals surface area contributed by atoms with Gasteiger partial charge in [-0.05, 0) is 56.9 Å². The Balaban J connectivity index is 1.47. The summed E-state index contributed by atoms with van der Waals surface area (Å²) >= 11 is 6.40. The summed E-state index contributed by atoms with van der Waals surface area (Å²) in [6.07, 6.45) is 5.30. The van der Waals surface area contributed by atoms with Gasteiger partial charge in [-0.1, -0.05) is 23.7 Å². The van der Waals surface area contributed by atoms with Crippen LogP contribution in [0.3, 0.4) is 0 Å². The van der Waals surface area contributed by atoms with Crippen LogP contribution in [0.5, 0.6) is 0 Å². The van der Waals surface area contributed by atoms with Gasteiger partial charge in [0.2, 0.25) is 5.95 Å². The number of benzene rings is 1. The van der Waals surface area contributed by atoms with Crippen LogP contribution in [0.1, 0.15) is 31.7 Å². The van der Waals surface area contributed by atoms with E-state index in [0.29, 0.717) is 10.6 Å². The molecule has 8 heteroatoms. The maximum Gasteiger partial charge on any atom is 0.227 e. The first-order valence-electron chi connectivity index (χ1n) is 12.0. The van der Waals surface area contributed by atoms with E-state index in [-0.39, 0.29) is 11.9 Å². The molecule has 34 heavy (non-hydrogen) atoms. The quantitative estimate of drug-likeness (QED) is 0.502. The van der Waals surface area contributed by atoms with Gasteiger partial charge in [-0.3, -0.25) is 0 Å². The zero-order valence-corrected chi connectivity index (χ0v) is 20.5. The van der Waals surface area contributed by atoms with E-state index in [9.17, 15) is 4.39 Å². The smallest absolute Gasteiger partial charge is 0.227 e. The van der Waals surface area contributed by atoms with Gasteiger partial charge >= 0.3 is 0 Å². The number of piperazine rings is 1. The largest absolute Gasteiger partial charge is 0.352 e. The normalized spacial score (nSPS) is 18.9. The number of pyridine rings is 1. The molecule has 0 amide bonds. The Kier molecular flexibility index (Phi) is 6.55. The fourth-order valence-corrected chi connectivity index (χ4v) is 5.05. The zero-order valence-electron chi connectivity index (χ0n) is 19.7. The van der Waals surface area contributed by atoms with Gasteiger partial charge in [0.15, 0.2) is 0 Å². The van der Waals surface area contributed by atoms with Crippen LogP contribution >= 0.6 is 11.6 Å². The van der Waals surface area contributed by atoms with Gasteiger partial charge in [0.1, 0.15) is 17.5 Å². The van der Waals surface area contributed by atoms with Crippen molar-refractivity contribution in [3.05, 3.63) is 59.0 Å². The number of anilines is 3. The van der Waals surface area contributed by atoms with E-state index < -0.39 is 0 Å². The van der Waals surface area contributed by atoms with Gasteiger partial charge in [-0.25, -0.2) is 14.4 Å². The Labute approximate surface area is 205 Å². The Hall–Kier alpha value is -2.93. The Bertz CT molecular complexity index is 1170. The summed E-state index contributed by atoms with van der Waals surface area (Å²) in [5.74, 6) is 2.22. The highest BCUT2D eigenvalue weighted by Gasteiger charge is 2.28. The van der Waals surface area contributed by atoms with Crippen molar-refractivity contribution in [1.82, 2.24) is 15.0 Å². The molecule has 6 nitrogen and oxygen atoms in total. The van der Waals surface area contributed by atoms with Crippen LogP contribution in [0.2, 0.25) is 5.02 Å². The van der Waals surface area contributed by atoms with Crippen molar-refractivity contribution in [2.75, 3.05) is 47.4 Å². The lowest BCUT2D eigenvalue weighted by molar-refractivity contribution is 0.539. The first kappa shape index (κ1) is 22.8. The summed E-state index contributed by atoms with van der Waals surface area (Å²) in [6, 6.07) is 11.2. The predicted molar refractivity (Wildman–Crippen MR) is 136 cm³/mol. The number of nitrogens with zero attached hydrogens (tertiary/aromatic N) is 6. The van der Waals surface area contributed by atoms with Crippen LogP contribution in [0.4, 0.5) is 22.0 Å². The van der Waals surface area contributed by atoms with Gasteiger partial charge in [0.05, 0.1) is 10.7 Å². The van der Waals surface area contributed by atoms with Crippen molar-refractivity contribution in [3.63, 3.8) is 0 Å². The van der Waals surface area contributed by atoms with Crippen molar-refractivity contribution >= 4 is 29.2 Å². The molecule has 2 aromatic heterocycles. The van der Waals surface area contributed by atoms with Crippen LogP contribution in [0.15, 0.2) is 42.6 Å². The molecule has 0 bridgehead atoms. The summed E-state index contributed by atoms with van der Waals surface area (Å²) in [4.78, 5) is 21.2. The number of aryl methyl sites for hydroxylation is 1. The molecule has 2 saturated heterocycles. The van der Waals surface area contributed by atoms with E-state index in [1.165, 1.54) is 6.42 Å². The molecule has 178 valence electrons. The molecule has 0 N–H and O–H groups in total. The minimum absolute atomic E-state index is 0.193. The molecule has 0 saturated carbocycles. The van der Waals surface area contributed by atoms with E-state index in [4.69, 9.17) is 21.6 Å². The molecule has 4 heterocycles. The van der Waals surface area contributed by atoms with Crippen molar-refractivity contribution in [2.24, 2.45) is 0 Å². The van der Waals surface area contributed by atoms with Crippen molar-refractivity contribution < 1.29 is 4.39 Å². The van der Waals surface area contributed by atoms with Gasteiger partial charge in [0.25, 0.3) is 0 Å². The molecular weight excluding hydrogens is 451 g/mol. The van der Waals surface area contributed by atoms with Crippen LogP contribution in [-0.2, 0) is 0 Å². The maximum atomic E-state index is 14.4. The first-order valence-corrected chi connectivity index (χ1v) is 12.4. The van der Waals surface area contributed by atoms with E-state index in [1.54, 1.807) is 19.2 Å². The summed E-state index contributed by atoms with van der Waals surface area (Å²) in [5, 5.41) is 0.668. The average molecular weight is 481 g/mol. The van der Waals surface area contributed by atoms with E-state index in [2.05, 4.69) is 26.6 Å². The number of hydrogen-bond acceptors (Lipinski definition) is 6. The Morgan fingerprint density at radius 1 is 0.971 bits per heavy atom. The number of halogens is 2. The molecule has 5 rings (SSSR count). The lowest BCUT2D eigenvalue weighted by Gasteiger charge is -2.41. The predicted octanol–water partition coefficient (Wildman–Crippen LogP) is 5.34. The first-order chi connectivity index (χ1) is 16.5. The van der Waals surface area contributed by atoms with E-state index in [1.807, 2.05) is 30.3 Å². The van der Waals surface area contributed by atoms with E-state index >= 15 is 0 Å². The molecule has 0 aliphatic carbocycles.